The third kappa shape index (κ3) is 2.97. The molecule has 0 bridgehead atoms. The molecule has 5 nitrogen and oxygen atoms in total. The summed E-state index contributed by atoms with van der Waals surface area (Å²) in [4.78, 5) is 24.2. The fourth-order valence-corrected chi connectivity index (χ4v) is 2.38. The average molecular weight is 269 g/mol. The van der Waals surface area contributed by atoms with E-state index in [1.165, 1.54) is 12.4 Å². The van der Waals surface area contributed by atoms with Crippen LogP contribution >= 0.6 is 11.6 Å². The topological polar surface area (TPSA) is 49.3 Å². The van der Waals surface area contributed by atoms with E-state index in [1.54, 1.807) is 0 Å². The molecule has 1 aromatic rings. The number of nitrogens with zero attached hydrogens (tertiary/aromatic N) is 4. The van der Waals surface area contributed by atoms with Crippen LogP contribution in [0.3, 0.4) is 0 Å². The van der Waals surface area contributed by atoms with Crippen LogP contribution in [-0.4, -0.2) is 58.9 Å². The maximum absolute atomic E-state index is 12.3. The maximum Gasteiger partial charge on any atom is 0.274 e. The van der Waals surface area contributed by atoms with E-state index in [0.29, 0.717) is 10.8 Å². The van der Waals surface area contributed by atoms with E-state index < -0.39 is 0 Å². The van der Waals surface area contributed by atoms with Crippen molar-refractivity contribution >= 4 is 17.5 Å². The van der Waals surface area contributed by atoms with Gasteiger partial charge < -0.3 is 9.80 Å². The molecule has 2 rings (SSSR count). The lowest BCUT2D eigenvalue weighted by atomic mass is 10.2. The van der Waals surface area contributed by atoms with Crippen LogP contribution in [0, 0.1) is 0 Å². The van der Waals surface area contributed by atoms with E-state index in [9.17, 15) is 4.79 Å². The summed E-state index contributed by atoms with van der Waals surface area (Å²) in [6, 6.07) is 0.268. The van der Waals surface area contributed by atoms with Crippen molar-refractivity contribution in [2.24, 2.45) is 0 Å². The van der Waals surface area contributed by atoms with Crippen molar-refractivity contribution in [3.63, 3.8) is 0 Å². The molecule has 0 N–H and O–H groups in total. The van der Waals surface area contributed by atoms with Gasteiger partial charge in [-0.1, -0.05) is 11.6 Å². The second kappa shape index (κ2) is 5.63. The van der Waals surface area contributed by atoms with Gasteiger partial charge in [0.1, 0.15) is 10.8 Å². The number of likely N-dealkylation sites (N-methyl/N-ethyl adjacent to an activating group) is 1. The molecule has 1 unspecified atom stereocenters. The third-order valence-corrected chi connectivity index (χ3v) is 3.25. The quantitative estimate of drug-likeness (QED) is 0.829. The van der Waals surface area contributed by atoms with Crippen LogP contribution in [-0.2, 0) is 0 Å². The van der Waals surface area contributed by atoms with Gasteiger partial charge in [0.05, 0.1) is 12.4 Å². The molecule has 1 fully saturated rings. The smallest absolute Gasteiger partial charge is 0.274 e. The van der Waals surface area contributed by atoms with Gasteiger partial charge >= 0.3 is 0 Å². The second-order valence-corrected chi connectivity index (χ2v) is 5.17. The first-order valence-electron chi connectivity index (χ1n) is 6.01. The Kier molecular flexibility index (Phi) is 4.14. The molecule has 2 heterocycles. The van der Waals surface area contributed by atoms with Gasteiger partial charge in [-0.25, -0.2) is 9.97 Å². The van der Waals surface area contributed by atoms with Gasteiger partial charge in [0.2, 0.25) is 0 Å². The molecule has 0 saturated carbocycles. The normalized spacial score (nSPS) is 19.6. The molecule has 1 aromatic heterocycles. The molecule has 0 radical (unpaired) electrons. The summed E-state index contributed by atoms with van der Waals surface area (Å²) in [6.45, 7) is 1.68. The molecule has 1 aliphatic heterocycles. The van der Waals surface area contributed by atoms with Crippen molar-refractivity contribution in [3.05, 3.63) is 23.2 Å². The summed E-state index contributed by atoms with van der Waals surface area (Å²) < 4.78 is 0. The Labute approximate surface area is 112 Å². The summed E-state index contributed by atoms with van der Waals surface area (Å²) in [5.74, 6) is -0.0523. The van der Waals surface area contributed by atoms with E-state index in [2.05, 4.69) is 14.9 Å². The monoisotopic (exact) mass is 268 g/mol. The second-order valence-electron chi connectivity index (χ2n) is 4.78. The summed E-state index contributed by atoms with van der Waals surface area (Å²) in [7, 11) is 4.03. The molecule has 1 aliphatic rings. The summed E-state index contributed by atoms with van der Waals surface area (Å²) in [6.07, 6.45) is 4.94. The van der Waals surface area contributed by atoms with E-state index in [-0.39, 0.29) is 11.9 Å². The number of amides is 1. The SMILES string of the molecule is CN(C)CC1CCCN1C(=O)c1cnc(Cl)cn1. The van der Waals surface area contributed by atoms with E-state index >= 15 is 0 Å². The molecule has 0 aromatic carbocycles. The lowest BCUT2D eigenvalue weighted by Gasteiger charge is -2.26. The number of aromatic nitrogens is 2. The van der Waals surface area contributed by atoms with Gasteiger partial charge in [-0.3, -0.25) is 4.79 Å². The van der Waals surface area contributed by atoms with Crippen LogP contribution in [0.1, 0.15) is 23.3 Å². The Bertz CT molecular complexity index is 421. The Morgan fingerprint density at radius 2 is 2.28 bits per heavy atom. The number of rotatable bonds is 3. The standard InChI is InChI=1S/C12H17ClN4O/c1-16(2)8-9-4-3-5-17(9)12(18)10-6-15-11(13)7-14-10/h6-7,9H,3-5,8H2,1-2H3. The van der Waals surface area contributed by atoms with Crippen molar-refractivity contribution in [2.75, 3.05) is 27.2 Å². The van der Waals surface area contributed by atoms with Gasteiger partial charge in [0.15, 0.2) is 0 Å². The van der Waals surface area contributed by atoms with Crippen LogP contribution < -0.4 is 0 Å². The first-order valence-corrected chi connectivity index (χ1v) is 6.39. The van der Waals surface area contributed by atoms with Crippen LogP contribution in [0.4, 0.5) is 0 Å². The highest BCUT2D eigenvalue weighted by atomic mass is 35.5. The molecule has 98 valence electrons. The average Bonchev–Trinajstić information content (AvgIpc) is 2.76. The first-order chi connectivity index (χ1) is 8.58. The van der Waals surface area contributed by atoms with Crippen molar-refractivity contribution < 1.29 is 4.79 Å². The number of hydrogen-bond donors (Lipinski definition) is 0. The Balaban J connectivity index is 2.10. The zero-order valence-corrected chi connectivity index (χ0v) is 11.4. The van der Waals surface area contributed by atoms with Crippen molar-refractivity contribution in [1.82, 2.24) is 19.8 Å². The molecular weight excluding hydrogens is 252 g/mol. The van der Waals surface area contributed by atoms with Gasteiger partial charge in [-0.2, -0.15) is 0 Å². The summed E-state index contributed by atoms with van der Waals surface area (Å²) in [5.41, 5.74) is 0.366. The first kappa shape index (κ1) is 13.2. The van der Waals surface area contributed by atoms with Crippen LogP contribution in [0.25, 0.3) is 0 Å². The summed E-state index contributed by atoms with van der Waals surface area (Å²) >= 11 is 5.67. The Morgan fingerprint density at radius 3 is 2.89 bits per heavy atom. The number of hydrogen-bond acceptors (Lipinski definition) is 4. The summed E-state index contributed by atoms with van der Waals surface area (Å²) in [5, 5.41) is 0.304. The van der Waals surface area contributed by atoms with Gasteiger partial charge in [0.25, 0.3) is 5.91 Å². The molecule has 0 aliphatic carbocycles. The molecule has 6 heteroatoms. The fourth-order valence-electron chi connectivity index (χ4n) is 2.28. The third-order valence-electron chi connectivity index (χ3n) is 3.05. The molecule has 1 saturated heterocycles. The highest BCUT2D eigenvalue weighted by Gasteiger charge is 2.30. The van der Waals surface area contributed by atoms with Crippen molar-refractivity contribution in [1.29, 1.82) is 0 Å². The van der Waals surface area contributed by atoms with Crippen molar-refractivity contribution in [2.45, 2.75) is 18.9 Å². The predicted molar refractivity (Wildman–Crippen MR) is 69.7 cm³/mol. The minimum Gasteiger partial charge on any atom is -0.333 e. The zero-order valence-electron chi connectivity index (χ0n) is 10.6. The number of carbonyl (C=O) groups is 1. The van der Waals surface area contributed by atoms with Gasteiger partial charge in [-0.15, -0.1) is 0 Å². The predicted octanol–water partition coefficient (Wildman–Crippen LogP) is 1.30. The number of carbonyl (C=O) groups excluding carboxylic acids is 1. The van der Waals surface area contributed by atoms with Crippen LogP contribution in [0.15, 0.2) is 12.4 Å². The molecule has 1 atom stereocenters. The molecular formula is C12H17ClN4O. The number of likely N-dealkylation sites (tertiary alicyclic amines) is 1. The largest absolute Gasteiger partial charge is 0.333 e. The molecule has 1 amide bonds. The van der Waals surface area contributed by atoms with Crippen LogP contribution in [0.2, 0.25) is 5.15 Å². The Morgan fingerprint density at radius 1 is 1.50 bits per heavy atom. The number of halogens is 1. The lowest BCUT2D eigenvalue weighted by molar-refractivity contribution is 0.0710. The zero-order chi connectivity index (χ0) is 13.1. The van der Waals surface area contributed by atoms with Crippen molar-refractivity contribution in [3.8, 4) is 0 Å². The maximum atomic E-state index is 12.3. The lowest BCUT2D eigenvalue weighted by Crippen LogP contribution is -2.41. The van der Waals surface area contributed by atoms with Gasteiger partial charge in [-0.05, 0) is 26.9 Å². The highest BCUT2D eigenvalue weighted by Crippen LogP contribution is 2.20. The van der Waals surface area contributed by atoms with E-state index in [1.807, 2.05) is 19.0 Å². The van der Waals surface area contributed by atoms with Crippen LogP contribution in [0.5, 0.6) is 0 Å². The molecule has 18 heavy (non-hydrogen) atoms. The molecule has 0 spiro atoms. The van der Waals surface area contributed by atoms with E-state index in [4.69, 9.17) is 11.6 Å². The minimum absolute atomic E-state index is 0.0523. The highest BCUT2D eigenvalue weighted by molar-refractivity contribution is 6.29. The van der Waals surface area contributed by atoms with E-state index in [0.717, 1.165) is 25.9 Å². The Hall–Kier alpha value is -1.20. The minimum atomic E-state index is -0.0523. The fraction of sp³-hybridized carbons (Fsp3) is 0.583. The van der Waals surface area contributed by atoms with Gasteiger partial charge in [0, 0.05) is 19.1 Å².